The van der Waals surface area contributed by atoms with Crippen molar-refractivity contribution in [1.29, 1.82) is 0 Å². The molecular formula is C24H28N4O5S. The summed E-state index contributed by atoms with van der Waals surface area (Å²) in [5, 5.41) is 0.477. The van der Waals surface area contributed by atoms with Crippen molar-refractivity contribution in [2.45, 2.75) is 44.4 Å². The lowest BCUT2D eigenvalue weighted by Gasteiger charge is -2.34. The summed E-state index contributed by atoms with van der Waals surface area (Å²) in [5.41, 5.74) is 0.526. The molecule has 1 aromatic heterocycles. The van der Waals surface area contributed by atoms with Crippen LogP contribution in [0.1, 0.15) is 37.0 Å². The maximum atomic E-state index is 13.3. The summed E-state index contributed by atoms with van der Waals surface area (Å²) < 4.78 is 33.5. The molecule has 1 N–H and O–H groups in total. The van der Waals surface area contributed by atoms with Gasteiger partial charge in [-0.1, -0.05) is 18.2 Å². The number of sulfonamides is 1. The van der Waals surface area contributed by atoms with Crippen LogP contribution in [0.25, 0.3) is 10.9 Å². The van der Waals surface area contributed by atoms with Crippen LogP contribution in [0.5, 0.6) is 0 Å². The monoisotopic (exact) mass is 484 g/mol. The number of nitrogens with zero attached hydrogens (tertiary/aromatic N) is 3. The Balaban J connectivity index is 1.59. The van der Waals surface area contributed by atoms with E-state index in [4.69, 9.17) is 4.74 Å². The van der Waals surface area contributed by atoms with Gasteiger partial charge >= 0.3 is 0 Å². The van der Waals surface area contributed by atoms with E-state index in [1.807, 2.05) is 20.8 Å². The third kappa shape index (κ3) is 4.89. The number of aromatic amines is 1. The van der Waals surface area contributed by atoms with Crippen LogP contribution in [0, 0.1) is 0 Å². The molecule has 0 aliphatic carbocycles. The van der Waals surface area contributed by atoms with Gasteiger partial charge in [-0.05, 0) is 51.1 Å². The van der Waals surface area contributed by atoms with Crippen molar-refractivity contribution in [1.82, 2.24) is 19.2 Å². The molecule has 10 heteroatoms. The Morgan fingerprint density at radius 1 is 1.15 bits per heavy atom. The molecule has 0 radical (unpaired) electrons. The molecule has 2 heterocycles. The summed E-state index contributed by atoms with van der Waals surface area (Å²) in [7, 11) is -3.78. The van der Waals surface area contributed by atoms with Crippen molar-refractivity contribution in [2.24, 2.45) is 0 Å². The van der Waals surface area contributed by atoms with E-state index in [0.29, 0.717) is 23.3 Å². The Morgan fingerprint density at radius 3 is 2.56 bits per heavy atom. The zero-order chi connectivity index (χ0) is 24.5. The molecule has 34 heavy (non-hydrogen) atoms. The minimum absolute atomic E-state index is 0.0629. The lowest BCUT2D eigenvalue weighted by molar-refractivity contribution is -0.0440. The topological polar surface area (TPSA) is 113 Å². The molecule has 1 aliphatic heterocycles. The Bertz CT molecular complexity index is 1360. The molecule has 0 bridgehead atoms. The molecule has 0 saturated carbocycles. The highest BCUT2D eigenvalue weighted by atomic mass is 32.2. The highest BCUT2D eigenvalue weighted by Gasteiger charge is 2.32. The van der Waals surface area contributed by atoms with Crippen molar-refractivity contribution < 1.29 is 17.9 Å². The van der Waals surface area contributed by atoms with Gasteiger partial charge in [-0.3, -0.25) is 9.59 Å². The molecule has 2 atom stereocenters. The van der Waals surface area contributed by atoms with Crippen molar-refractivity contribution in [2.75, 3.05) is 19.6 Å². The first kappa shape index (κ1) is 24.1. The van der Waals surface area contributed by atoms with Crippen molar-refractivity contribution >= 4 is 26.8 Å². The third-order valence-corrected chi connectivity index (χ3v) is 7.60. The van der Waals surface area contributed by atoms with Crippen LogP contribution in [-0.2, 0) is 21.3 Å². The van der Waals surface area contributed by atoms with E-state index >= 15 is 0 Å². The molecule has 0 unspecified atom stereocenters. The van der Waals surface area contributed by atoms with Gasteiger partial charge in [-0.15, -0.1) is 0 Å². The van der Waals surface area contributed by atoms with Gasteiger partial charge in [0.2, 0.25) is 10.0 Å². The van der Waals surface area contributed by atoms with Gasteiger partial charge in [0.1, 0.15) is 5.82 Å². The molecule has 9 nitrogen and oxygen atoms in total. The zero-order valence-corrected chi connectivity index (χ0v) is 20.2. The first-order chi connectivity index (χ1) is 16.2. The second-order valence-electron chi connectivity index (χ2n) is 8.46. The van der Waals surface area contributed by atoms with Gasteiger partial charge in [0.25, 0.3) is 11.5 Å². The normalized spacial score (nSPS) is 19.3. The summed E-state index contributed by atoms with van der Waals surface area (Å²) in [4.78, 5) is 34.4. The Morgan fingerprint density at radius 2 is 1.85 bits per heavy atom. The largest absolute Gasteiger partial charge is 0.373 e. The van der Waals surface area contributed by atoms with E-state index in [-0.39, 0.29) is 53.8 Å². The predicted octanol–water partition coefficient (Wildman–Crippen LogP) is 2.38. The maximum Gasteiger partial charge on any atom is 0.258 e. The number of carbonyl (C=O) groups excluding carboxylic acids is 1. The van der Waals surface area contributed by atoms with Gasteiger partial charge in [0, 0.05) is 25.2 Å². The number of hydrogen-bond donors (Lipinski definition) is 1. The number of carbonyl (C=O) groups is 1. The highest BCUT2D eigenvalue weighted by molar-refractivity contribution is 7.89. The first-order valence-electron chi connectivity index (χ1n) is 11.2. The minimum atomic E-state index is -3.78. The Hall–Kier alpha value is -3.08. The van der Waals surface area contributed by atoms with Crippen molar-refractivity contribution in [3.8, 4) is 0 Å². The number of nitrogens with one attached hydrogen (secondary N) is 1. The number of benzene rings is 2. The third-order valence-electron chi connectivity index (χ3n) is 5.78. The molecule has 4 rings (SSSR count). The number of morpholine rings is 1. The van der Waals surface area contributed by atoms with Crippen LogP contribution in [0.15, 0.2) is 58.2 Å². The van der Waals surface area contributed by atoms with E-state index in [1.165, 1.54) is 21.3 Å². The quantitative estimate of drug-likeness (QED) is 0.575. The standard InChI is InChI=1S/C24H28N4O5S/c1-4-27(15-22-25-21-11-6-5-10-20(21)23(29)26-22)24(30)18-8-7-9-19(12-18)34(31,32)28-13-16(2)33-17(3)14-28/h5-12,16-17H,4,13-15H2,1-3H3,(H,25,26,29)/t16-,17+. The number of aromatic nitrogens is 2. The van der Waals surface area contributed by atoms with Crippen LogP contribution < -0.4 is 5.56 Å². The van der Waals surface area contributed by atoms with Crippen LogP contribution in [0.2, 0.25) is 0 Å². The number of fused-ring (bicyclic) bond motifs is 1. The summed E-state index contributed by atoms with van der Waals surface area (Å²) in [6, 6.07) is 13.0. The number of ether oxygens (including phenoxy) is 1. The van der Waals surface area contributed by atoms with Crippen LogP contribution in [0.3, 0.4) is 0 Å². The van der Waals surface area contributed by atoms with E-state index < -0.39 is 10.0 Å². The minimum Gasteiger partial charge on any atom is -0.373 e. The van der Waals surface area contributed by atoms with Gasteiger partial charge < -0.3 is 14.6 Å². The summed E-state index contributed by atoms with van der Waals surface area (Å²) in [6.45, 7) is 6.44. The lowest BCUT2D eigenvalue weighted by atomic mass is 10.2. The Labute approximate surface area is 198 Å². The smallest absolute Gasteiger partial charge is 0.258 e. The van der Waals surface area contributed by atoms with E-state index in [9.17, 15) is 18.0 Å². The second-order valence-corrected chi connectivity index (χ2v) is 10.4. The Kier molecular flexibility index (Phi) is 6.83. The van der Waals surface area contributed by atoms with Gasteiger partial charge in [-0.2, -0.15) is 4.31 Å². The van der Waals surface area contributed by atoms with Crippen LogP contribution in [0.4, 0.5) is 0 Å². The summed E-state index contributed by atoms with van der Waals surface area (Å²) in [5.74, 6) is 0.0121. The number of amides is 1. The van der Waals surface area contributed by atoms with Crippen LogP contribution in [-0.4, -0.2) is 65.3 Å². The fourth-order valence-electron chi connectivity index (χ4n) is 4.17. The number of hydrogen-bond acceptors (Lipinski definition) is 6. The first-order valence-corrected chi connectivity index (χ1v) is 12.7. The highest BCUT2D eigenvalue weighted by Crippen LogP contribution is 2.22. The zero-order valence-electron chi connectivity index (χ0n) is 19.4. The number of para-hydroxylation sites is 1. The van der Waals surface area contributed by atoms with E-state index in [2.05, 4.69) is 9.97 Å². The second kappa shape index (κ2) is 9.65. The van der Waals surface area contributed by atoms with Gasteiger partial charge in [0.15, 0.2) is 0 Å². The van der Waals surface area contributed by atoms with Gasteiger partial charge in [-0.25, -0.2) is 13.4 Å². The molecule has 180 valence electrons. The van der Waals surface area contributed by atoms with E-state index in [0.717, 1.165) is 0 Å². The molecule has 0 spiro atoms. The van der Waals surface area contributed by atoms with Crippen molar-refractivity contribution in [3.63, 3.8) is 0 Å². The van der Waals surface area contributed by atoms with E-state index in [1.54, 1.807) is 36.4 Å². The average molecular weight is 485 g/mol. The molecule has 1 fully saturated rings. The van der Waals surface area contributed by atoms with Crippen LogP contribution >= 0.6 is 0 Å². The lowest BCUT2D eigenvalue weighted by Crippen LogP contribution is -2.48. The number of rotatable bonds is 6. The SMILES string of the molecule is CCN(Cc1nc2ccccc2c(=O)[nH]1)C(=O)c1cccc(S(=O)(=O)N2C[C@@H](C)O[C@@H](C)C2)c1. The predicted molar refractivity (Wildman–Crippen MR) is 128 cm³/mol. The fraction of sp³-hybridized carbons (Fsp3) is 0.375. The average Bonchev–Trinajstić information content (AvgIpc) is 2.81. The summed E-state index contributed by atoms with van der Waals surface area (Å²) >= 11 is 0. The molecule has 3 aromatic rings. The number of H-pyrrole nitrogens is 1. The fourth-order valence-corrected chi connectivity index (χ4v) is 5.80. The van der Waals surface area contributed by atoms with Crippen molar-refractivity contribution in [3.05, 3.63) is 70.3 Å². The molecule has 1 saturated heterocycles. The van der Waals surface area contributed by atoms with Gasteiger partial charge in [0.05, 0.1) is 34.6 Å². The molecular weight excluding hydrogens is 456 g/mol. The molecule has 1 aliphatic rings. The maximum absolute atomic E-state index is 13.3. The molecule has 2 aromatic carbocycles. The summed E-state index contributed by atoms with van der Waals surface area (Å²) in [6.07, 6.45) is -0.425. The molecule has 1 amide bonds.